The van der Waals surface area contributed by atoms with Gasteiger partial charge in [0, 0.05) is 12.5 Å². The smallest absolute Gasteiger partial charge is 0.326 e. The molecule has 0 aromatic carbocycles. The Kier molecular flexibility index (Phi) is 2.60. The SMILES string of the molecule is O=C(O)C1CCCCN1C(=O)C1CC1C1CC1. The fraction of sp³-hybridized carbons (Fsp3) is 0.846. The fourth-order valence-electron chi connectivity index (χ4n) is 3.21. The normalized spacial score (nSPS) is 36.7. The Labute approximate surface area is 101 Å². The lowest BCUT2D eigenvalue weighted by Crippen LogP contribution is -2.48. The van der Waals surface area contributed by atoms with Crippen LogP contribution >= 0.6 is 0 Å². The van der Waals surface area contributed by atoms with E-state index in [1.807, 2.05) is 0 Å². The van der Waals surface area contributed by atoms with Crippen LogP contribution in [0.25, 0.3) is 0 Å². The van der Waals surface area contributed by atoms with Crippen molar-refractivity contribution in [1.82, 2.24) is 4.90 Å². The van der Waals surface area contributed by atoms with E-state index in [1.54, 1.807) is 4.90 Å². The van der Waals surface area contributed by atoms with E-state index in [4.69, 9.17) is 5.11 Å². The minimum atomic E-state index is -0.832. The lowest BCUT2D eigenvalue weighted by Gasteiger charge is -2.33. The van der Waals surface area contributed by atoms with Gasteiger partial charge in [0.2, 0.25) is 5.91 Å². The molecule has 4 heteroatoms. The van der Waals surface area contributed by atoms with E-state index in [2.05, 4.69) is 0 Å². The first-order chi connectivity index (χ1) is 8.18. The molecule has 2 saturated carbocycles. The van der Waals surface area contributed by atoms with Gasteiger partial charge in [-0.1, -0.05) is 0 Å². The Balaban J connectivity index is 1.65. The molecule has 1 heterocycles. The lowest BCUT2D eigenvalue weighted by molar-refractivity contribution is -0.152. The number of carbonyl (C=O) groups is 2. The van der Waals surface area contributed by atoms with Crippen molar-refractivity contribution in [3.8, 4) is 0 Å². The topological polar surface area (TPSA) is 57.6 Å². The quantitative estimate of drug-likeness (QED) is 0.809. The maximum Gasteiger partial charge on any atom is 0.326 e. The lowest BCUT2D eigenvalue weighted by atomic mass is 10.0. The number of carbonyl (C=O) groups excluding carboxylic acids is 1. The maximum atomic E-state index is 12.3. The molecule has 0 aromatic heterocycles. The first kappa shape index (κ1) is 11.1. The van der Waals surface area contributed by atoms with Gasteiger partial charge >= 0.3 is 5.97 Å². The van der Waals surface area contributed by atoms with Crippen LogP contribution in [0.15, 0.2) is 0 Å². The van der Waals surface area contributed by atoms with Gasteiger partial charge in [-0.15, -0.1) is 0 Å². The number of amides is 1. The summed E-state index contributed by atoms with van der Waals surface area (Å²) in [6, 6.07) is -0.559. The molecule has 3 aliphatic rings. The summed E-state index contributed by atoms with van der Waals surface area (Å²) >= 11 is 0. The number of hydrogen-bond acceptors (Lipinski definition) is 2. The van der Waals surface area contributed by atoms with Crippen LogP contribution in [0, 0.1) is 17.8 Å². The van der Waals surface area contributed by atoms with Crippen LogP contribution in [0.2, 0.25) is 0 Å². The number of aliphatic carboxylic acids is 1. The van der Waals surface area contributed by atoms with Gasteiger partial charge in [-0.3, -0.25) is 4.79 Å². The molecule has 0 bridgehead atoms. The molecule has 1 aliphatic heterocycles. The van der Waals surface area contributed by atoms with E-state index in [-0.39, 0.29) is 11.8 Å². The van der Waals surface area contributed by atoms with Crippen molar-refractivity contribution in [1.29, 1.82) is 0 Å². The minimum Gasteiger partial charge on any atom is -0.480 e. The second-order valence-corrected chi connectivity index (χ2v) is 5.72. The van der Waals surface area contributed by atoms with Crippen molar-refractivity contribution >= 4 is 11.9 Å². The fourth-order valence-corrected chi connectivity index (χ4v) is 3.21. The summed E-state index contributed by atoms with van der Waals surface area (Å²) in [4.78, 5) is 25.1. The third-order valence-electron chi connectivity index (χ3n) is 4.46. The molecular weight excluding hydrogens is 218 g/mol. The molecule has 3 unspecified atom stereocenters. The minimum absolute atomic E-state index is 0.119. The number of carboxylic acid groups (broad SMARTS) is 1. The van der Waals surface area contributed by atoms with Crippen LogP contribution in [0.3, 0.4) is 0 Å². The molecule has 1 saturated heterocycles. The highest BCUT2D eigenvalue weighted by Gasteiger charge is 2.53. The summed E-state index contributed by atoms with van der Waals surface area (Å²) in [7, 11) is 0. The molecule has 2 aliphatic carbocycles. The largest absolute Gasteiger partial charge is 0.480 e. The molecule has 3 rings (SSSR count). The average Bonchev–Trinajstić information content (AvgIpc) is 3.15. The third kappa shape index (κ3) is 2.05. The molecule has 94 valence electrons. The van der Waals surface area contributed by atoms with Gasteiger partial charge in [-0.25, -0.2) is 4.79 Å². The summed E-state index contributed by atoms with van der Waals surface area (Å²) in [6.45, 7) is 0.643. The summed E-state index contributed by atoms with van der Waals surface area (Å²) in [5, 5.41) is 9.15. The first-order valence-electron chi connectivity index (χ1n) is 6.72. The second kappa shape index (κ2) is 4.00. The van der Waals surface area contributed by atoms with Crippen molar-refractivity contribution in [2.24, 2.45) is 17.8 Å². The van der Waals surface area contributed by atoms with Crippen molar-refractivity contribution in [3.05, 3.63) is 0 Å². The van der Waals surface area contributed by atoms with Crippen molar-refractivity contribution < 1.29 is 14.7 Å². The Morgan fingerprint density at radius 1 is 1.12 bits per heavy atom. The summed E-state index contributed by atoms with van der Waals surface area (Å²) in [6.07, 6.45) is 6.07. The van der Waals surface area contributed by atoms with Gasteiger partial charge < -0.3 is 10.0 Å². The molecule has 1 amide bonds. The third-order valence-corrected chi connectivity index (χ3v) is 4.46. The van der Waals surface area contributed by atoms with Crippen molar-refractivity contribution in [2.75, 3.05) is 6.54 Å². The Bertz CT molecular complexity index is 351. The molecular formula is C13H19NO3. The van der Waals surface area contributed by atoms with Gasteiger partial charge in [0.15, 0.2) is 0 Å². The number of nitrogens with zero attached hydrogens (tertiary/aromatic N) is 1. The van der Waals surface area contributed by atoms with Crippen LogP contribution in [-0.4, -0.2) is 34.5 Å². The zero-order valence-corrected chi connectivity index (χ0v) is 9.97. The van der Waals surface area contributed by atoms with Gasteiger partial charge in [0.25, 0.3) is 0 Å². The summed E-state index contributed by atoms with van der Waals surface area (Å²) < 4.78 is 0. The number of piperidine rings is 1. The zero-order chi connectivity index (χ0) is 12.0. The number of rotatable bonds is 3. The van der Waals surface area contributed by atoms with E-state index < -0.39 is 12.0 Å². The molecule has 0 spiro atoms. The first-order valence-corrected chi connectivity index (χ1v) is 6.72. The Morgan fingerprint density at radius 2 is 1.88 bits per heavy atom. The average molecular weight is 237 g/mol. The van der Waals surface area contributed by atoms with Crippen LogP contribution < -0.4 is 0 Å². The Hall–Kier alpha value is -1.06. The monoisotopic (exact) mass is 237 g/mol. The summed E-state index contributed by atoms with van der Waals surface area (Å²) in [5.41, 5.74) is 0. The van der Waals surface area contributed by atoms with Gasteiger partial charge in [-0.05, 0) is 50.4 Å². The molecule has 4 nitrogen and oxygen atoms in total. The van der Waals surface area contributed by atoms with Crippen LogP contribution in [0.4, 0.5) is 0 Å². The van der Waals surface area contributed by atoms with Crippen LogP contribution in [0.5, 0.6) is 0 Å². The van der Waals surface area contributed by atoms with Gasteiger partial charge in [-0.2, -0.15) is 0 Å². The van der Waals surface area contributed by atoms with E-state index in [1.165, 1.54) is 12.8 Å². The predicted molar refractivity (Wildman–Crippen MR) is 61.3 cm³/mol. The molecule has 0 radical (unpaired) electrons. The number of carboxylic acids is 1. The molecule has 1 N–H and O–H groups in total. The summed E-state index contributed by atoms with van der Waals surface area (Å²) in [5.74, 6) is 0.800. The highest BCUT2D eigenvalue weighted by Crippen LogP contribution is 2.55. The molecule has 3 atom stereocenters. The molecule has 3 fully saturated rings. The Morgan fingerprint density at radius 3 is 2.53 bits per heavy atom. The molecule has 0 aromatic rings. The van der Waals surface area contributed by atoms with Crippen LogP contribution in [0.1, 0.15) is 38.5 Å². The predicted octanol–water partition coefficient (Wildman–Crippen LogP) is 1.50. The second-order valence-electron chi connectivity index (χ2n) is 5.72. The van der Waals surface area contributed by atoms with Gasteiger partial charge in [0.1, 0.15) is 6.04 Å². The van der Waals surface area contributed by atoms with Crippen molar-refractivity contribution in [3.63, 3.8) is 0 Å². The van der Waals surface area contributed by atoms with E-state index >= 15 is 0 Å². The van der Waals surface area contributed by atoms with E-state index in [9.17, 15) is 9.59 Å². The highest BCUT2D eigenvalue weighted by molar-refractivity contribution is 5.87. The zero-order valence-electron chi connectivity index (χ0n) is 9.97. The maximum absolute atomic E-state index is 12.3. The molecule has 17 heavy (non-hydrogen) atoms. The van der Waals surface area contributed by atoms with E-state index in [0.717, 1.165) is 25.2 Å². The van der Waals surface area contributed by atoms with Crippen molar-refractivity contribution in [2.45, 2.75) is 44.6 Å². The number of hydrogen-bond donors (Lipinski definition) is 1. The number of likely N-dealkylation sites (tertiary alicyclic amines) is 1. The highest BCUT2D eigenvalue weighted by atomic mass is 16.4. The van der Waals surface area contributed by atoms with Crippen LogP contribution in [-0.2, 0) is 9.59 Å². The van der Waals surface area contributed by atoms with Gasteiger partial charge in [0.05, 0.1) is 0 Å². The van der Waals surface area contributed by atoms with E-state index in [0.29, 0.717) is 18.9 Å². The standard InChI is InChI=1S/C13H19NO3/c15-12(10-7-9(10)8-4-5-8)14-6-2-1-3-11(14)13(16)17/h8-11H,1-7H2,(H,16,17).